The molecule has 1 aliphatic rings. The maximum Gasteiger partial charge on any atom is 0.245 e. The van der Waals surface area contributed by atoms with E-state index in [1.54, 1.807) is 0 Å². The first-order valence-corrected chi connectivity index (χ1v) is 6.61. The Bertz CT molecular complexity index is 246. The van der Waals surface area contributed by atoms with Crippen molar-refractivity contribution in [1.82, 2.24) is 5.48 Å². The summed E-state index contributed by atoms with van der Waals surface area (Å²) in [4.78, 5) is 15.6. The zero-order valence-electron chi connectivity index (χ0n) is 11.3. The second-order valence-corrected chi connectivity index (χ2v) is 5.76. The van der Waals surface area contributed by atoms with Gasteiger partial charge in [-0.2, -0.15) is 5.48 Å². The minimum Gasteiger partial charge on any atom is -0.368 e. The second kappa shape index (κ2) is 6.36. The van der Waals surface area contributed by atoms with Crippen molar-refractivity contribution in [1.29, 1.82) is 0 Å². The SMILES string of the molecule is CCC(C)(C)C1CCC(NOCC(N)=O)CC1. The molecular weight excluding hydrogens is 216 g/mol. The lowest BCUT2D eigenvalue weighted by atomic mass is 9.69. The third-order valence-electron chi connectivity index (χ3n) is 4.21. The minimum absolute atomic E-state index is 0.0413. The highest BCUT2D eigenvalue weighted by molar-refractivity contribution is 5.74. The van der Waals surface area contributed by atoms with Crippen molar-refractivity contribution < 1.29 is 9.63 Å². The summed E-state index contributed by atoms with van der Waals surface area (Å²) >= 11 is 0. The van der Waals surface area contributed by atoms with Gasteiger partial charge in [-0.25, -0.2) is 0 Å². The zero-order valence-corrected chi connectivity index (χ0v) is 11.3. The van der Waals surface area contributed by atoms with E-state index in [1.165, 1.54) is 19.3 Å². The summed E-state index contributed by atoms with van der Waals surface area (Å²) in [5, 5.41) is 0. The quantitative estimate of drug-likeness (QED) is 0.700. The molecule has 0 aromatic carbocycles. The number of nitrogens with two attached hydrogens (primary N) is 1. The number of rotatable bonds is 6. The predicted molar refractivity (Wildman–Crippen MR) is 68.1 cm³/mol. The molecule has 1 saturated carbocycles. The Morgan fingerprint density at radius 1 is 1.35 bits per heavy atom. The molecule has 0 bridgehead atoms. The maximum absolute atomic E-state index is 10.5. The third kappa shape index (κ3) is 4.64. The normalized spacial score (nSPS) is 25.8. The van der Waals surface area contributed by atoms with Crippen LogP contribution in [0.5, 0.6) is 0 Å². The average Bonchev–Trinajstić information content (AvgIpc) is 2.29. The van der Waals surface area contributed by atoms with E-state index in [4.69, 9.17) is 10.6 Å². The minimum atomic E-state index is -0.432. The number of hydrogen-bond donors (Lipinski definition) is 2. The number of primary amides is 1. The predicted octanol–water partition coefficient (Wildman–Crippen LogP) is 1.99. The Kier molecular flexibility index (Phi) is 5.40. The van der Waals surface area contributed by atoms with E-state index in [-0.39, 0.29) is 6.61 Å². The van der Waals surface area contributed by atoms with Gasteiger partial charge in [0.15, 0.2) is 0 Å². The van der Waals surface area contributed by atoms with Crippen LogP contribution in [0.4, 0.5) is 0 Å². The van der Waals surface area contributed by atoms with Crippen LogP contribution in [0.25, 0.3) is 0 Å². The van der Waals surface area contributed by atoms with Crippen LogP contribution in [0.2, 0.25) is 0 Å². The molecule has 4 heteroatoms. The number of amides is 1. The summed E-state index contributed by atoms with van der Waals surface area (Å²) in [7, 11) is 0. The molecule has 0 aliphatic heterocycles. The van der Waals surface area contributed by atoms with Gasteiger partial charge in [0, 0.05) is 6.04 Å². The molecule has 17 heavy (non-hydrogen) atoms. The van der Waals surface area contributed by atoms with E-state index in [2.05, 4.69) is 26.3 Å². The van der Waals surface area contributed by atoms with Crippen LogP contribution in [0.15, 0.2) is 0 Å². The van der Waals surface area contributed by atoms with Crippen molar-refractivity contribution >= 4 is 5.91 Å². The largest absolute Gasteiger partial charge is 0.368 e. The summed E-state index contributed by atoms with van der Waals surface area (Å²) in [6, 6.07) is 0.373. The molecule has 1 amide bonds. The molecule has 0 radical (unpaired) electrons. The first kappa shape index (κ1) is 14.5. The number of carbonyl (C=O) groups excluding carboxylic acids is 1. The molecule has 1 rings (SSSR count). The Morgan fingerprint density at radius 2 is 1.94 bits per heavy atom. The summed E-state index contributed by atoms with van der Waals surface area (Å²) < 4.78 is 0. The molecular formula is C13H26N2O2. The number of hydrogen-bond acceptors (Lipinski definition) is 3. The van der Waals surface area contributed by atoms with Crippen molar-refractivity contribution in [3.63, 3.8) is 0 Å². The summed E-state index contributed by atoms with van der Waals surface area (Å²) in [5.41, 5.74) is 8.39. The molecule has 3 N–H and O–H groups in total. The lowest BCUT2D eigenvalue weighted by Crippen LogP contribution is -2.38. The molecule has 0 saturated heterocycles. The fraction of sp³-hybridized carbons (Fsp3) is 0.923. The lowest BCUT2D eigenvalue weighted by molar-refractivity contribution is -0.126. The topological polar surface area (TPSA) is 64.3 Å². The second-order valence-electron chi connectivity index (χ2n) is 5.76. The van der Waals surface area contributed by atoms with Gasteiger partial charge in [-0.1, -0.05) is 27.2 Å². The van der Waals surface area contributed by atoms with Gasteiger partial charge in [0.2, 0.25) is 5.91 Å². The van der Waals surface area contributed by atoms with Gasteiger partial charge in [-0.3, -0.25) is 9.63 Å². The van der Waals surface area contributed by atoms with Crippen molar-refractivity contribution in [3.8, 4) is 0 Å². The van der Waals surface area contributed by atoms with E-state index >= 15 is 0 Å². The first-order valence-electron chi connectivity index (χ1n) is 6.61. The molecule has 0 aromatic heterocycles. The zero-order chi connectivity index (χ0) is 12.9. The first-order chi connectivity index (χ1) is 7.95. The summed E-state index contributed by atoms with van der Waals surface area (Å²) in [6.07, 6.45) is 5.94. The van der Waals surface area contributed by atoms with E-state index in [1.807, 2.05) is 0 Å². The van der Waals surface area contributed by atoms with Crippen molar-refractivity contribution in [2.75, 3.05) is 6.61 Å². The van der Waals surface area contributed by atoms with Gasteiger partial charge in [0.05, 0.1) is 0 Å². The number of carbonyl (C=O) groups is 1. The van der Waals surface area contributed by atoms with Crippen LogP contribution in [0, 0.1) is 11.3 Å². The Hall–Kier alpha value is -0.610. The Balaban J connectivity index is 2.24. The van der Waals surface area contributed by atoms with Crippen LogP contribution in [-0.2, 0) is 9.63 Å². The van der Waals surface area contributed by atoms with Gasteiger partial charge in [-0.15, -0.1) is 0 Å². The molecule has 0 heterocycles. The fourth-order valence-corrected chi connectivity index (χ4v) is 2.51. The van der Waals surface area contributed by atoms with Crippen LogP contribution in [-0.4, -0.2) is 18.6 Å². The molecule has 0 unspecified atom stereocenters. The van der Waals surface area contributed by atoms with Gasteiger partial charge in [0.25, 0.3) is 0 Å². The van der Waals surface area contributed by atoms with Gasteiger partial charge >= 0.3 is 0 Å². The van der Waals surface area contributed by atoms with E-state index in [0.29, 0.717) is 11.5 Å². The maximum atomic E-state index is 10.5. The lowest BCUT2D eigenvalue weighted by Gasteiger charge is -2.38. The molecule has 100 valence electrons. The Morgan fingerprint density at radius 3 is 2.41 bits per heavy atom. The van der Waals surface area contributed by atoms with Gasteiger partial charge in [-0.05, 0) is 37.0 Å². The molecule has 0 aromatic rings. The molecule has 1 fully saturated rings. The highest BCUT2D eigenvalue weighted by atomic mass is 16.6. The standard InChI is InChI=1S/C13H26N2O2/c1-4-13(2,3)10-5-7-11(8-6-10)15-17-9-12(14)16/h10-11,15H,4-9H2,1-3H3,(H2,14,16). The highest BCUT2D eigenvalue weighted by Gasteiger charge is 2.31. The van der Waals surface area contributed by atoms with Gasteiger partial charge < -0.3 is 5.73 Å². The van der Waals surface area contributed by atoms with Crippen LogP contribution < -0.4 is 11.2 Å². The van der Waals surface area contributed by atoms with Crippen LogP contribution in [0.1, 0.15) is 52.9 Å². The van der Waals surface area contributed by atoms with E-state index < -0.39 is 5.91 Å². The third-order valence-corrected chi connectivity index (χ3v) is 4.21. The molecule has 1 aliphatic carbocycles. The summed E-state index contributed by atoms with van der Waals surface area (Å²) in [5.74, 6) is 0.375. The van der Waals surface area contributed by atoms with Crippen molar-refractivity contribution in [2.45, 2.75) is 58.9 Å². The summed E-state index contributed by atoms with van der Waals surface area (Å²) in [6.45, 7) is 6.94. The van der Waals surface area contributed by atoms with Crippen LogP contribution >= 0.6 is 0 Å². The van der Waals surface area contributed by atoms with E-state index in [9.17, 15) is 4.79 Å². The smallest absolute Gasteiger partial charge is 0.245 e. The molecule has 4 nitrogen and oxygen atoms in total. The fourth-order valence-electron chi connectivity index (χ4n) is 2.51. The van der Waals surface area contributed by atoms with E-state index in [0.717, 1.165) is 18.8 Å². The number of hydroxylamine groups is 1. The molecule has 0 atom stereocenters. The van der Waals surface area contributed by atoms with Crippen molar-refractivity contribution in [3.05, 3.63) is 0 Å². The van der Waals surface area contributed by atoms with Crippen molar-refractivity contribution in [2.24, 2.45) is 17.1 Å². The average molecular weight is 242 g/mol. The van der Waals surface area contributed by atoms with Crippen LogP contribution in [0.3, 0.4) is 0 Å². The Labute approximate surface area is 104 Å². The van der Waals surface area contributed by atoms with Gasteiger partial charge in [0.1, 0.15) is 6.61 Å². The number of nitrogens with one attached hydrogen (secondary N) is 1. The monoisotopic (exact) mass is 242 g/mol. The highest BCUT2D eigenvalue weighted by Crippen LogP contribution is 2.40. The molecule has 0 spiro atoms.